The van der Waals surface area contributed by atoms with E-state index in [1.165, 1.54) is 24.3 Å². The van der Waals surface area contributed by atoms with Gasteiger partial charge in [-0.25, -0.2) is 9.59 Å². The van der Waals surface area contributed by atoms with Crippen molar-refractivity contribution in [1.29, 1.82) is 0 Å². The van der Waals surface area contributed by atoms with Crippen molar-refractivity contribution in [2.45, 2.75) is 13.8 Å². The molecule has 0 atom stereocenters. The summed E-state index contributed by atoms with van der Waals surface area (Å²) in [5.74, 6) is -1.29. The maximum atomic E-state index is 10.6. The van der Waals surface area contributed by atoms with Gasteiger partial charge in [0.1, 0.15) is 0 Å². The summed E-state index contributed by atoms with van der Waals surface area (Å²) < 4.78 is 4.28. The van der Waals surface area contributed by atoms with Crippen molar-refractivity contribution in [2.24, 2.45) is 0 Å². The van der Waals surface area contributed by atoms with E-state index in [9.17, 15) is 9.59 Å². The number of rotatable bonds is 2. The Balaban J connectivity index is 3.85. The minimum Gasteiger partial charge on any atom is -0.387 e. The van der Waals surface area contributed by atoms with Gasteiger partial charge in [-0.1, -0.05) is 12.2 Å². The molecule has 0 aromatic rings. The summed E-state index contributed by atoms with van der Waals surface area (Å²) in [6, 6.07) is 0. The molecule has 0 aromatic carbocycles. The average molecular weight is 154 g/mol. The van der Waals surface area contributed by atoms with Crippen molar-refractivity contribution >= 4 is 11.9 Å². The zero-order valence-electron chi connectivity index (χ0n) is 6.53. The lowest BCUT2D eigenvalue weighted by molar-refractivity contribution is -0.152. The second-order valence-electron chi connectivity index (χ2n) is 1.74. The van der Waals surface area contributed by atoms with E-state index in [0.717, 1.165) is 0 Å². The molecule has 0 rings (SSSR count). The van der Waals surface area contributed by atoms with E-state index in [0.29, 0.717) is 0 Å². The molecule has 0 unspecified atom stereocenters. The van der Waals surface area contributed by atoms with Crippen LogP contribution in [0.5, 0.6) is 0 Å². The second-order valence-corrected chi connectivity index (χ2v) is 1.74. The third-order valence-corrected chi connectivity index (χ3v) is 0.807. The van der Waals surface area contributed by atoms with Crippen LogP contribution in [-0.4, -0.2) is 11.9 Å². The van der Waals surface area contributed by atoms with E-state index in [1.54, 1.807) is 13.8 Å². The van der Waals surface area contributed by atoms with E-state index in [4.69, 9.17) is 0 Å². The minimum atomic E-state index is -0.643. The molecule has 0 N–H and O–H groups in total. The van der Waals surface area contributed by atoms with Crippen LogP contribution in [0.4, 0.5) is 0 Å². The SMILES string of the molecule is CC=CC(=O)OC(=O)/C=C/C. The van der Waals surface area contributed by atoms with E-state index in [-0.39, 0.29) is 0 Å². The summed E-state index contributed by atoms with van der Waals surface area (Å²) in [6.07, 6.45) is 5.37. The monoisotopic (exact) mass is 154 g/mol. The van der Waals surface area contributed by atoms with Gasteiger partial charge in [0, 0.05) is 12.2 Å². The third-order valence-electron chi connectivity index (χ3n) is 0.807. The zero-order chi connectivity index (χ0) is 8.69. The summed E-state index contributed by atoms with van der Waals surface area (Å²) in [5.41, 5.74) is 0. The van der Waals surface area contributed by atoms with Gasteiger partial charge in [0.05, 0.1) is 0 Å². The molecule has 11 heavy (non-hydrogen) atoms. The first-order valence-corrected chi connectivity index (χ1v) is 3.22. The second kappa shape index (κ2) is 5.41. The van der Waals surface area contributed by atoms with Gasteiger partial charge in [-0.2, -0.15) is 0 Å². The van der Waals surface area contributed by atoms with Crippen LogP contribution in [0.15, 0.2) is 24.3 Å². The van der Waals surface area contributed by atoms with Gasteiger partial charge >= 0.3 is 11.9 Å². The molecule has 0 aliphatic carbocycles. The van der Waals surface area contributed by atoms with E-state index in [1.807, 2.05) is 0 Å². The maximum absolute atomic E-state index is 10.6. The van der Waals surface area contributed by atoms with Gasteiger partial charge in [0.2, 0.25) is 0 Å². The Morgan fingerprint density at radius 2 is 1.36 bits per heavy atom. The van der Waals surface area contributed by atoms with Crippen LogP contribution in [0.25, 0.3) is 0 Å². The molecule has 3 heteroatoms. The van der Waals surface area contributed by atoms with E-state index < -0.39 is 11.9 Å². The molecule has 0 aliphatic rings. The molecule has 0 heterocycles. The Morgan fingerprint density at radius 1 is 1.00 bits per heavy atom. The highest BCUT2D eigenvalue weighted by Crippen LogP contribution is 1.84. The number of hydrogen-bond donors (Lipinski definition) is 0. The molecular weight excluding hydrogens is 144 g/mol. The lowest BCUT2D eigenvalue weighted by Crippen LogP contribution is -2.06. The number of esters is 2. The molecule has 0 amide bonds. The van der Waals surface area contributed by atoms with Gasteiger partial charge in [-0.15, -0.1) is 0 Å². The molecule has 0 spiro atoms. The van der Waals surface area contributed by atoms with Crippen LogP contribution in [0.1, 0.15) is 13.8 Å². The fraction of sp³-hybridized carbons (Fsp3) is 0.250. The molecule has 0 fully saturated rings. The van der Waals surface area contributed by atoms with Gasteiger partial charge in [-0.3, -0.25) is 0 Å². The fourth-order valence-electron chi connectivity index (χ4n) is 0.439. The summed E-state index contributed by atoms with van der Waals surface area (Å²) in [4.78, 5) is 21.1. The molecular formula is C8H10O3. The van der Waals surface area contributed by atoms with Crippen molar-refractivity contribution in [1.82, 2.24) is 0 Å². The molecule has 3 nitrogen and oxygen atoms in total. The first kappa shape index (κ1) is 9.62. The molecule has 60 valence electrons. The topological polar surface area (TPSA) is 43.4 Å². The first-order valence-electron chi connectivity index (χ1n) is 3.22. The fourth-order valence-corrected chi connectivity index (χ4v) is 0.439. The number of ether oxygens (including phenoxy) is 1. The lowest BCUT2D eigenvalue weighted by Gasteiger charge is -1.91. The van der Waals surface area contributed by atoms with Crippen LogP contribution >= 0.6 is 0 Å². The predicted molar refractivity (Wildman–Crippen MR) is 40.7 cm³/mol. The normalized spacial score (nSPS) is 10.7. The molecule has 0 radical (unpaired) electrons. The molecule has 0 aromatic heterocycles. The quantitative estimate of drug-likeness (QED) is 0.341. The number of carbonyl (C=O) groups is 2. The molecule has 0 bridgehead atoms. The minimum absolute atomic E-state index is 0.643. The van der Waals surface area contributed by atoms with Gasteiger partial charge < -0.3 is 4.74 Å². The van der Waals surface area contributed by atoms with Gasteiger partial charge in [-0.05, 0) is 13.8 Å². The molecule has 0 saturated heterocycles. The Labute approximate surface area is 65.4 Å². The van der Waals surface area contributed by atoms with Crippen LogP contribution in [0, 0.1) is 0 Å². The smallest absolute Gasteiger partial charge is 0.338 e. The summed E-state index contributed by atoms with van der Waals surface area (Å²) >= 11 is 0. The zero-order valence-corrected chi connectivity index (χ0v) is 6.53. The summed E-state index contributed by atoms with van der Waals surface area (Å²) in [5, 5.41) is 0. The average Bonchev–Trinajstić information content (AvgIpc) is 1.87. The van der Waals surface area contributed by atoms with Gasteiger partial charge in [0.15, 0.2) is 0 Å². The number of hydrogen-bond acceptors (Lipinski definition) is 3. The largest absolute Gasteiger partial charge is 0.387 e. The Hall–Kier alpha value is -1.38. The predicted octanol–water partition coefficient (Wildman–Crippen LogP) is 1.21. The highest BCUT2D eigenvalue weighted by molar-refractivity contribution is 5.96. The van der Waals surface area contributed by atoms with Crippen LogP contribution in [-0.2, 0) is 14.3 Å². The van der Waals surface area contributed by atoms with Crippen molar-refractivity contribution in [2.75, 3.05) is 0 Å². The van der Waals surface area contributed by atoms with E-state index >= 15 is 0 Å². The lowest BCUT2D eigenvalue weighted by atomic mass is 10.5. The molecule has 0 aliphatic heterocycles. The summed E-state index contributed by atoms with van der Waals surface area (Å²) in [7, 11) is 0. The van der Waals surface area contributed by atoms with Crippen molar-refractivity contribution in [3.8, 4) is 0 Å². The Kier molecular flexibility index (Phi) is 4.73. The Bertz CT molecular complexity index is 179. The van der Waals surface area contributed by atoms with Crippen LogP contribution < -0.4 is 0 Å². The number of carbonyl (C=O) groups excluding carboxylic acids is 2. The number of allylic oxidation sites excluding steroid dienone is 2. The molecule has 0 saturated carbocycles. The summed E-state index contributed by atoms with van der Waals surface area (Å²) in [6.45, 7) is 3.34. The third kappa shape index (κ3) is 5.08. The first-order chi connectivity index (χ1) is 5.20. The van der Waals surface area contributed by atoms with E-state index in [2.05, 4.69) is 4.74 Å². The highest BCUT2D eigenvalue weighted by Gasteiger charge is 2.00. The van der Waals surface area contributed by atoms with Crippen LogP contribution in [0.2, 0.25) is 0 Å². The maximum Gasteiger partial charge on any atom is 0.338 e. The van der Waals surface area contributed by atoms with Crippen molar-refractivity contribution in [3.05, 3.63) is 24.3 Å². The van der Waals surface area contributed by atoms with Gasteiger partial charge in [0.25, 0.3) is 0 Å². The van der Waals surface area contributed by atoms with Crippen molar-refractivity contribution in [3.63, 3.8) is 0 Å². The van der Waals surface area contributed by atoms with Crippen LogP contribution in [0.3, 0.4) is 0 Å². The highest BCUT2D eigenvalue weighted by atomic mass is 16.6. The standard InChI is InChI=1S/C8H10O3/c1-3-5-7(9)11-8(10)6-4-2/h3-6H,1-2H3/b5-3+,6-4?. The Morgan fingerprint density at radius 3 is 1.64 bits per heavy atom. The van der Waals surface area contributed by atoms with Crippen molar-refractivity contribution < 1.29 is 14.3 Å².